The quantitative estimate of drug-likeness (QED) is 0.749. The Morgan fingerprint density at radius 2 is 1.67 bits per heavy atom. The topological polar surface area (TPSA) is 75.7 Å². The lowest BCUT2D eigenvalue weighted by Crippen LogP contribution is -2.37. The summed E-state index contributed by atoms with van der Waals surface area (Å²) in [5, 5.41) is 2.82. The molecule has 0 saturated heterocycles. The zero-order chi connectivity index (χ0) is 20.0. The van der Waals surface area contributed by atoms with Crippen LogP contribution in [0.3, 0.4) is 0 Å². The van der Waals surface area contributed by atoms with E-state index in [1.54, 1.807) is 24.3 Å². The van der Waals surface area contributed by atoms with E-state index in [-0.39, 0.29) is 6.54 Å². The van der Waals surface area contributed by atoms with Gasteiger partial charge >= 0.3 is 0 Å². The SMILES string of the molecule is CCCOc1ccc(N(CC(=O)Nc2c(C)cccc2C)S(C)(=O)=O)cc1. The predicted molar refractivity (Wildman–Crippen MR) is 109 cm³/mol. The molecule has 2 rings (SSSR count). The van der Waals surface area contributed by atoms with E-state index in [2.05, 4.69) is 5.32 Å². The maximum absolute atomic E-state index is 12.5. The van der Waals surface area contributed by atoms with Crippen molar-refractivity contribution in [2.24, 2.45) is 0 Å². The van der Waals surface area contributed by atoms with Gasteiger partial charge in [-0.2, -0.15) is 0 Å². The summed E-state index contributed by atoms with van der Waals surface area (Å²) >= 11 is 0. The van der Waals surface area contributed by atoms with Gasteiger partial charge in [-0.1, -0.05) is 25.1 Å². The number of benzene rings is 2. The highest BCUT2D eigenvalue weighted by atomic mass is 32.2. The van der Waals surface area contributed by atoms with E-state index in [4.69, 9.17) is 4.74 Å². The summed E-state index contributed by atoms with van der Waals surface area (Å²) in [6, 6.07) is 12.4. The maximum atomic E-state index is 12.5. The third-order valence-electron chi connectivity index (χ3n) is 4.03. The van der Waals surface area contributed by atoms with Crippen LogP contribution in [-0.4, -0.2) is 33.7 Å². The molecule has 2 aromatic rings. The molecular formula is C20H26N2O4S. The molecule has 0 spiro atoms. The summed E-state index contributed by atoms with van der Waals surface area (Å²) in [5.74, 6) is 0.262. The standard InChI is InChI=1S/C20H26N2O4S/c1-5-13-26-18-11-9-17(10-12-18)22(27(4,24)25)14-19(23)21-20-15(2)7-6-8-16(20)3/h6-12H,5,13-14H2,1-4H3,(H,21,23). The third kappa shape index (κ3) is 5.72. The van der Waals surface area contributed by atoms with Crippen molar-refractivity contribution in [2.75, 3.05) is 29.0 Å². The minimum Gasteiger partial charge on any atom is -0.494 e. The molecule has 0 aliphatic heterocycles. The zero-order valence-electron chi connectivity index (χ0n) is 16.2. The van der Waals surface area contributed by atoms with Crippen molar-refractivity contribution in [3.8, 4) is 5.75 Å². The van der Waals surface area contributed by atoms with Gasteiger partial charge in [0.2, 0.25) is 15.9 Å². The van der Waals surface area contributed by atoms with Gasteiger partial charge in [-0.3, -0.25) is 9.10 Å². The van der Waals surface area contributed by atoms with Gasteiger partial charge in [0.1, 0.15) is 12.3 Å². The highest BCUT2D eigenvalue weighted by Gasteiger charge is 2.21. The van der Waals surface area contributed by atoms with E-state index in [9.17, 15) is 13.2 Å². The van der Waals surface area contributed by atoms with E-state index in [0.717, 1.165) is 28.1 Å². The van der Waals surface area contributed by atoms with Gasteiger partial charge < -0.3 is 10.1 Å². The fourth-order valence-electron chi connectivity index (χ4n) is 2.65. The largest absolute Gasteiger partial charge is 0.494 e. The number of hydrogen-bond donors (Lipinski definition) is 1. The normalized spacial score (nSPS) is 11.1. The number of nitrogens with one attached hydrogen (secondary N) is 1. The van der Waals surface area contributed by atoms with E-state index in [0.29, 0.717) is 23.7 Å². The average Bonchev–Trinajstić information content (AvgIpc) is 2.61. The smallest absolute Gasteiger partial charge is 0.245 e. The second-order valence-electron chi connectivity index (χ2n) is 6.43. The maximum Gasteiger partial charge on any atom is 0.245 e. The molecule has 0 radical (unpaired) electrons. The average molecular weight is 391 g/mol. The Labute approximate surface area is 161 Å². The van der Waals surface area contributed by atoms with Crippen LogP contribution in [-0.2, 0) is 14.8 Å². The van der Waals surface area contributed by atoms with E-state index in [1.165, 1.54) is 0 Å². The van der Waals surface area contributed by atoms with Crippen LogP contribution in [0.25, 0.3) is 0 Å². The molecule has 146 valence electrons. The van der Waals surface area contributed by atoms with E-state index < -0.39 is 15.9 Å². The number of para-hydroxylation sites is 1. The number of hydrogen-bond acceptors (Lipinski definition) is 4. The number of sulfonamides is 1. The summed E-state index contributed by atoms with van der Waals surface area (Å²) in [7, 11) is -3.62. The predicted octanol–water partition coefficient (Wildman–Crippen LogP) is 3.50. The molecule has 0 bridgehead atoms. The summed E-state index contributed by atoms with van der Waals surface area (Å²) in [5.41, 5.74) is 2.97. The van der Waals surface area contributed by atoms with Gasteiger partial charge in [0, 0.05) is 5.69 Å². The highest BCUT2D eigenvalue weighted by Crippen LogP contribution is 2.23. The molecular weight excluding hydrogens is 364 g/mol. The molecule has 0 unspecified atom stereocenters. The fourth-order valence-corrected chi connectivity index (χ4v) is 3.51. The number of anilines is 2. The Morgan fingerprint density at radius 1 is 1.07 bits per heavy atom. The number of amides is 1. The Kier molecular flexibility index (Phi) is 6.85. The molecule has 0 heterocycles. The fraction of sp³-hybridized carbons (Fsp3) is 0.350. The molecule has 6 nitrogen and oxygen atoms in total. The molecule has 2 aromatic carbocycles. The van der Waals surface area contributed by atoms with Crippen LogP contribution in [0.5, 0.6) is 5.75 Å². The highest BCUT2D eigenvalue weighted by molar-refractivity contribution is 7.92. The first-order valence-corrected chi connectivity index (χ1v) is 10.6. The van der Waals surface area contributed by atoms with Crippen LogP contribution in [0.1, 0.15) is 24.5 Å². The number of ether oxygens (including phenoxy) is 1. The first-order chi connectivity index (χ1) is 12.7. The summed E-state index contributed by atoms with van der Waals surface area (Å²) in [6.07, 6.45) is 1.97. The van der Waals surface area contributed by atoms with Crippen LogP contribution in [0, 0.1) is 13.8 Å². The van der Waals surface area contributed by atoms with Crippen molar-refractivity contribution in [1.29, 1.82) is 0 Å². The molecule has 0 aliphatic carbocycles. The van der Waals surface area contributed by atoms with Gasteiger partial charge in [0.05, 0.1) is 18.6 Å². The van der Waals surface area contributed by atoms with Crippen molar-refractivity contribution in [1.82, 2.24) is 0 Å². The first kappa shape index (κ1) is 20.8. The van der Waals surface area contributed by atoms with Gasteiger partial charge in [0.15, 0.2) is 0 Å². The molecule has 1 N–H and O–H groups in total. The Balaban J connectivity index is 2.19. The first-order valence-electron chi connectivity index (χ1n) is 8.79. The summed E-state index contributed by atoms with van der Waals surface area (Å²) in [4.78, 5) is 12.5. The monoisotopic (exact) mass is 390 g/mol. The second kappa shape index (κ2) is 8.90. The molecule has 0 saturated carbocycles. The molecule has 7 heteroatoms. The van der Waals surface area contributed by atoms with E-state index >= 15 is 0 Å². The minimum absolute atomic E-state index is 0.304. The molecule has 0 fully saturated rings. The Bertz CT molecular complexity index is 872. The van der Waals surface area contributed by atoms with Crippen molar-refractivity contribution in [2.45, 2.75) is 27.2 Å². The lowest BCUT2D eigenvalue weighted by atomic mass is 10.1. The van der Waals surface area contributed by atoms with E-state index in [1.807, 2.05) is 39.0 Å². The van der Waals surface area contributed by atoms with Crippen molar-refractivity contribution in [3.63, 3.8) is 0 Å². The molecule has 0 aromatic heterocycles. The lowest BCUT2D eigenvalue weighted by Gasteiger charge is -2.22. The molecule has 0 aliphatic rings. The van der Waals surface area contributed by atoms with Gasteiger partial charge in [-0.05, 0) is 55.7 Å². The molecule has 1 amide bonds. The number of carbonyl (C=O) groups excluding carboxylic acids is 1. The van der Waals surface area contributed by atoms with Crippen LogP contribution in [0.15, 0.2) is 42.5 Å². The molecule has 27 heavy (non-hydrogen) atoms. The van der Waals surface area contributed by atoms with Gasteiger partial charge in [0.25, 0.3) is 0 Å². The summed E-state index contributed by atoms with van der Waals surface area (Å²) in [6.45, 7) is 6.08. The van der Waals surface area contributed by atoms with Crippen LogP contribution in [0.4, 0.5) is 11.4 Å². The molecule has 0 atom stereocenters. The third-order valence-corrected chi connectivity index (χ3v) is 5.17. The van der Waals surface area contributed by atoms with Gasteiger partial charge in [-0.15, -0.1) is 0 Å². The summed E-state index contributed by atoms with van der Waals surface area (Å²) < 4.78 is 31.0. The second-order valence-corrected chi connectivity index (χ2v) is 8.33. The minimum atomic E-state index is -3.62. The number of aryl methyl sites for hydroxylation is 2. The Morgan fingerprint density at radius 3 is 2.19 bits per heavy atom. The number of carbonyl (C=O) groups is 1. The number of rotatable bonds is 8. The van der Waals surface area contributed by atoms with Crippen LogP contribution in [0.2, 0.25) is 0 Å². The Hall–Kier alpha value is -2.54. The van der Waals surface area contributed by atoms with Gasteiger partial charge in [-0.25, -0.2) is 8.42 Å². The number of nitrogens with zero attached hydrogens (tertiary/aromatic N) is 1. The van der Waals surface area contributed by atoms with Crippen LogP contribution < -0.4 is 14.4 Å². The van der Waals surface area contributed by atoms with Crippen molar-refractivity contribution < 1.29 is 17.9 Å². The zero-order valence-corrected chi connectivity index (χ0v) is 17.0. The van der Waals surface area contributed by atoms with Crippen LogP contribution >= 0.6 is 0 Å². The van der Waals surface area contributed by atoms with Crippen molar-refractivity contribution >= 4 is 27.3 Å². The van der Waals surface area contributed by atoms with Crippen molar-refractivity contribution in [3.05, 3.63) is 53.6 Å². The lowest BCUT2D eigenvalue weighted by molar-refractivity contribution is -0.114.